The first kappa shape index (κ1) is 35.0. The van der Waals surface area contributed by atoms with Gasteiger partial charge in [0.1, 0.15) is 18.6 Å². The number of hydrogen-bond acceptors (Lipinski definition) is 8. The molecule has 0 aliphatic heterocycles. The van der Waals surface area contributed by atoms with Crippen molar-refractivity contribution < 1.29 is 57.1 Å². The van der Waals surface area contributed by atoms with Gasteiger partial charge in [-0.3, -0.25) is 9.53 Å². The van der Waals surface area contributed by atoms with Gasteiger partial charge >= 0.3 is 12.6 Å². The molecule has 1 heterocycles. The molecule has 0 aliphatic rings. The summed E-state index contributed by atoms with van der Waals surface area (Å²) in [5, 5.41) is 9.69. The summed E-state index contributed by atoms with van der Waals surface area (Å²) in [5.41, 5.74) is 5.92. The lowest BCUT2D eigenvalue weighted by Gasteiger charge is -2.30. The Hall–Kier alpha value is -2.99. The molecule has 0 fully saturated rings. The fourth-order valence-electron chi connectivity index (χ4n) is 3.58. The summed E-state index contributed by atoms with van der Waals surface area (Å²) in [6.45, 7) is 6.16. The number of carbonyl (C=O) groups is 2. The van der Waals surface area contributed by atoms with E-state index in [1.807, 2.05) is 12.1 Å². The average Bonchev–Trinajstić information content (AvgIpc) is 2.89. The number of pyridine rings is 1. The lowest BCUT2D eigenvalue weighted by Crippen LogP contribution is -3.00. The van der Waals surface area contributed by atoms with E-state index in [4.69, 9.17) is 41.5 Å². The summed E-state index contributed by atoms with van der Waals surface area (Å²) in [5.74, 6) is 0.819. The predicted octanol–water partition coefficient (Wildman–Crippen LogP) is 0.644. The highest BCUT2D eigenvalue weighted by molar-refractivity contribution is 6.30. The number of nitrogens with zero attached hydrogens (tertiary/aromatic N) is 4. The molecular formula is C27H35ClIN5O6. The lowest BCUT2D eigenvalue weighted by molar-refractivity contribution is -0.904. The van der Waals surface area contributed by atoms with Gasteiger partial charge in [0.2, 0.25) is 12.2 Å². The molecule has 0 aliphatic carbocycles. The quantitative estimate of drug-likeness (QED) is 0.0394. The van der Waals surface area contributed by atoms with Gasteiger partial charge in [0.25, 0.3) is 0 Å². The number of carbonyl (C=O) groups excluding carboxylic acids is 2. The van der Waals surface area contributed by atoms with Crippen LogP contribution in [-0.2, 0) is 29.9 Å². The Balaban J connectivity index is 0.00000800. The molecule has 2 N–H and O–H groups in total. The minimum absolute atomic E-state index is 0. The molecule has 0 saturated heterocycles. The normalized spacial score (nSPS) is 12.8. The molecule has 0 saturated carbocycles. The second-order valence-corrected chi connectivity index (χ2v) is 9.77. The van der Waals surface area contributed by atoms with Gasteiger partial charge in [0, 0.05) is 23.7 Å². The second-order valence-electron chi connectivity index (χ2n) is 9.33. The van der Waals surface area contributed by atoms with Crippen LogP contribution in [0.5, 0.6) is 5.75 Å². The van der Waals surface area contributed by atoms with Gasteiger partial charge < -0.3 is 48.9 Å². The van der Waals surface area contributed by atoms with Crippen molar-refractivity contribution in [3.8, 4) is 11.9 Å². The van der Waals surface area contributed by atoms with Crippen LogP contribution in [0, 0.1) is 11.5 Å². The molecule has 13 heteroatoms. The zero-order valence-corrected chi connectivity index (χ0v) is 25.7. The van der Waals surface area contributed by atoms with Gasteiger partial charge in [-0.05, 0) is 57.9 Å². The first-order valence-corrected chi connectivity index (χ1v) is 12.8. The van der Waals surface area contributed by atoms with Gasteiger partial charge in [-0.1, -0.05) is 24.4 Å². The first-order valence-electron chi connectivity index (χ1n) is 12.4. The number of nitrogens with two attached hydrogens (primary N) is 1. The molecule has 11 nitrogen and oxygen atoms in total. The molecule has 1 aromatic carbocycles. The Morgan fingerprint density at radius 2 is 1.75 bits per heavy atom. The summed E-state index contributed by atoms with van der Waals surface area (Å²) in [6, 6.07) is 10.6. The van der Waals surface area contributed by atoms with Gasteiger partial charge in [0.15, 0.2) is 12.4 Å². The van der Waals surface area contributed by atoms with Crippen molar-refractivity contribution in [2.24, 2.45) is 10.7 Å². The molecule has 0 amide bonds. The number of benzene rings is 1. The Bertz CT molecular complexity index is 1120. The zero-order valence-electron chi connectivity index (χ0n) is 22.8. The summed E-state index contributed by atoms with van der Waals surface area (Å²) >= 11 is 5.89. The van der Waals surface area contributed by atoms with Crippen LogP contribution in [0.25, 0.3) is 0 Å². The van der Waals surface area contributed by atoms with Crippen molar-refractivity contribution in [1.29, 1.82) is 5.26 Å². The van der Waals surface area contributed by atoms with E-state index in [0.29, 0.717) is 30.1 Å². The summed E-state index contributed by atoms with van der Waals surface area (Å²) in [6.07, 6.45) is 6.84. The number of anilines is 1. The molecule has 2 aromatic rings. The first-order chi connectivity index (χ1) is 18.6. The van der Waals surface area contributed by atoms with Crippen LogP contribution in [0.4, 0.5) is 5.69 Å². The van der Waals surface area contributed by atoms with E-state index in [0.717, 1.165) is 31.4 Å². The van der Waals surface area contributed by atoms with Crippen molar-refractivity contribution in [3.63, 3.8) is 0 Å². The lowest BCUT2D eigenvalue weighted by atomic mass is 10.2. The van der Waals surface area contributed by atoms with Crippen LogP contribution in [0.3, 0.4) is 0 Å². The number of unbranched alkanes of at least 4 members (excludes halogenated alkanes) is 3. The standard InChI is InChI=1S/C27H35ClN5O6.HI/c1-26(2,3)39-27(38-21-35,37-19-17-34)32-15-12-23(13-16-32)33(25(30)31-20-29)14-6-4-5-7-18-36-24-10-8-22(28)9-11-24;/h8-13,15-17,21H,4-7,14,18-19H2,1-3H3,(H2,30,31);1H/q+1;/p-1. The van der Waals surface area contributed by atoms with E-state index in [9.17, 15) is 9.59 Å². The topological polar surface area (TPSA) is 140 Å². The van der Waals surface area contributed by atoms with Gasteiger partial charge in [-0.2, -0.15) is 5.26 Å². The van der Waals surface area contributed by atoms with E-state index in [2.05, 4.69) is 4.99 Å². The van der Waals surface area contributed by atoms with E-state index < -0.39 is 11.7 Å². The van der Waals surface area contributed by atoms with Crippen molar-refractivity contribution in [2.75, 3.05) is 24.7 Å². The Morgan fingerprint density at radius 1 is 1.10 bits per heavy atom. The third-order valence-electron chi connectivity index (χ3n) is 5.21. The molecule has 1 aromatic heterocycles. The number of hydrogen-bond donors (Lipinski definition) is 1. The predicted molar refractivity (Wildman–Crippen MR) is 145 cm³/mol. The highest BCUT2D eigenvalue weighted by Gasteiger charge is 2.50. The molecule has 40 heavy (non-hydrogen) atoms. The fourth-order valence-corrected chi connectivity index (χ4v) is 3.70. The van der Waals surface area contributed by atoms with Crippen LogP contribution in [0.15, 0.2) is 53.8 Å². The maximum Gasteiger partial charge on any atom is 0.574 e. The molecule has 218 valence electrons. The highest BCUT2D eigenvalue weighted by atomic mass is 127. The minimum atomic E-state index is -2.01. The summed E-state index contributed by atoms with van der Waals surface area (Å²) in [4.78, 5) is 27.7. The summed E-state index contributed by atoms with van der Waals surface area (Å²) < 4.78 is 23.7. The molecule has 0 radical (unpaired) electrons. The molecule has 0 spiro atoms. The van der Waals surface area contributed by atoms with E-state index in [1.165, 1.54) is 4.57 Å². The van der Waals surface area contributed by atoms with Crippen molar-refractivity contribution in [2.45, 2.75) is 58.2 Å². The smallest absolute Gasteiger partial charge is 0.574 e. The number of aldehydes is 1. The second kappa shape index (κ2) is 17.6. The van der Waals surface area contributed by atoms with Gasteiger partial charge in [-0.25, -0.2) is 4.74 Å². The third kappa shape index (κ3) is 11.6. The monoisotopic (exact) mass is 687 g/mol. The average molecular weight is 688 g/mol. The number of guanidine groups is 1. The van der Waals surface area contributed by atoms with Crippen LogP contribution < -0.4 is 43.9 Å². The minimum Gasteiger partial charge on any atom is -1.00 e. The Labute approximate surface area is 256 Å². The van der Waals surface area contributed by atoms with Gasteiger partial charge in [0.05, 0.1) is 17.9 Å². The molecular weight excluding hydrogens is 653 g/mol. The van der Waals surface area contributed by atoms with Crippen molar-refractivity contribution in [3.05, 3.63) is 53.8 Å². The van der Waals surface area contributed by atoms with E-state index in [-0.39, 0.29) is 43.0 Å². The van der Waals surface area contributed by atoms with Crippen LogP contribution >= 0.6 is 11.6 Å². The van der Waals surface area contributed by atoms with Crippen molar-refractivity contribution >= 4 is 36.0 Å². The maximum atomic E-state index is 11.3. The number of rotatable bonds is 16. The number of ether oxygens (including phenoxy) is 4. The number of halogens is 2. The fraction of sp³-hybridized carbons (Fsp3) is 0.444. The SMILES string of the molecule is CC(C)(C)OC(OC=O)(OCC=O)[n+]1ccc(N(CCCCCCOc2ccc(Cl)cc2)C(N)=NC#N)cc1.[I-]. The van der Waals surface area contributed by atoms with Crippen LogP contribution in [-0.4, -0.2) is 44.1 Å². The summed E-state index contributed by atoms with van der Waals surface area (Å²) in [7, 11) is 0. The molecule has 2 rings (SSSR count). The van der Waals surface area contributed by atoms with Crippen LogP contribution in [0.2, 0.25) is 5.02 Å². The number of aliphatic imine (C=N–C) groups is 1. The third-order valence-corrected chi connectivity index (χ3v) is 5.46. The van der Waals surface area contributed by atoms with Gasteiger partial charge in [-0.15, -0.1) is 9.56 Å². The molecule has 1 unspecified atom stereocenters. The van der Waals surface area contributed by atoms with Crippen molar-refractivity contribution in [1.82, 2.24) is 0 Å². The Kier molecular flexibility index (Phi) is 15.5. The molecule has 1 atom stereocenters. The number of nitriles is 1. The van der Waals surface area contributed by atoms with E-state index in [1.54, 1.807) is 68.5 Å². The number of aromatic nitrogens is 1. The van der Waals surface area contributed by atoms with Crippen LogP contribution in [0.1, 0.15) is 46.5 Å². The maximum absolute atomic E-state index is 11.3. The zero-order chi connectivity index (χ0) is 28.7. The highest BCUT2D eigenvalue weighted by Crippen LogP contribution is 2.24. The Morgan fingerprint density at radius 3 is 2.33 bits per heavy atom. The molecule has 0 bridgehead atoms. The van der Waals surface area contributed by atoms with E-state index >= 15 is 0 Å². The largest absolute Gasteiger partial charge is 1.00 e.